The molecular weight excluding hydrogens is 326 g/mol. The fourth-order valence-electron chi connectivity index (χ4n) is 8.60. The molecule has 6 fully saturated rings. The van der Waals surface area contributed by atoms with Crippen LogP contribution in [0.15, 0.2) is 12.2 Å². The summed E-state index contributed by atoms with van der Waals surface area (Å²) in [5.74, 6) is 1.68. The number of amides is 1. The smallest absolute Gasteiger partial charge is 0.228 e. The first-order chi connectivity index (χ1) is 12.4. The number of likely N-dealkylation sites (tertiary alicyclic amines) is 1. The second-order valence-corrected chi connectivity index (χ2v) is 10.3. The van der Waals surface area contributed by atoms with Crippen molar-refractivity contribution in [2.24, 2.45) is 34.0 Å². The van der Waals surface area contributed by atoms with E-state index in [-0.39, 0.29) is 34.9 Å². The second kappa shape index (κ2) is 5.35. The van der Waals surface area contributed by atoms with Gasteiger partial charge in [0.1, 0.15) is 0 Å². The number of aliphatic hydroxyl groups excluding tert-OH is 2. The minimum atomic E-state index is -0.354. The molecular formula is C22H33NO3. The van der Waals surface area contributed by atoms with Crippen LogP contribution in [0.1, 0.15) is 58.3 Å². The summed E-state index contributed by atoms with van der Waals surface area (Å²) in [6.07, 6.45) is 8.53. The third-order valence-electron chi connectivity index (χ3n) is 9.62. The fraction of sp³-hybridized carbons (Fsp3) is 0.864. The van der Waals surface area contributed by atoms with E-state index in [1.165, 1.54) is 12.8 Å². The predicted octanol–water partition coefficient (Wildman–Crippen LogP) is 2.74. The van der Waals surface area contributed by atoms with Gasteiger partial charge in [-0.2, -0.15) is 0 Å². The highest BCUT2D eigenvalue weighted by atomic mass is 16.3. The number of rotatable bonds is 2. The van der Waals surface area contributed by atoms with Crippen LogP contribution >= 0.6 is 0 Å². The molecule has 6 aliphatic rings. The zero-order chi connectivity index (χ0) is 18.3. The first kappa shape index (κ1) is 17.2. The molecule has 2 N–H and O–H groups in total. The maximum atomic E-state index is 13.3. The van der Waals surface area contributed by atoms with Crippen LogP contribution < -0.4 is 0 Å². The van der Waals surface area contributed by atoms with E-state index in [0.29, 0.717) is 24.3 Å². The monoisotopic (exact) mass is 359 g/mol. The molecule has 4 nitrogen and oxygen atoms in total. The zero-order valence-electron chi connectivity index (χ0n) is 16.0. The van der Waals surface area contributed by atoms with Crippen molar-refractivity contribution in [3.8, 4) is 0 Å². The Morgan fingerprint density at radius 3 is 2.69 bits per heavy atom. The van der Waals surface area contributed by atoms with Crippen molar-refractivity contribution in [2.45, 2.75) is 64.4 Å². The molecule has 5 saturated carbocycles. The van der Waals surface area contributed by atoms with Crippen LogP contribution in [0.4, 0.5) is 0 Å². The van der Waals surface area contributed by atoms with Gasteiger partial charge in [-0.1, -0.05) is 19.9 Å². The summed E-state index contributed by atoms with van der Waals surface area (Å²) < 4.78 is 0. The van der Waals surface area contributed by atoms with Crippen molar-refractivity contribution in [2.75, 3.05) is 19.7 Å². The van der Waals surface area contributed by atoms with Gasteiger partial charge < -0.3 is 15.1 Å². The Hall–Kier alpha value is -0.870. The van der Waals surface area contributed by atoms with Crippen LogP contribution in [-0.4, -0.2) is 46.8 Å². The van der Waals surface area contributed by atoms with E-state index in [2.05, 4.69) is 13.5 Å². The predicted molar refractivity (Wildman–Crippen MR) is 99.2 cm³/mol. The average molecular weight is 360 g/mol. The van der Waals surface area contributed by atoms with Crippen molar-refractivity contribution in [1.29, 1.82) is 0 Å². The van der Waals surface area contributed by atoms with Gasteiger partial charge in [0.05, 0.1) is 12.7 Å². The Morgan fingerprint density at radius 1 is 1.15 bits per heavy atom. The van der Waals surface area contributed by atoms with Gasteiger partial charge in [-0.3, -0.25) is 4.79 Å². The normalized spacial score (nSPS) is 52.7. The van der Waals surface area contributed by atoms with Crippen molar-refractivity contribution >= 4 is 5.91 Å². The number of nitrogens with zero attached hydrogens (tertiary/aromatic N) is 1. The lowest BCUT2D eigenvalue weighted by Gasteiger charge is -2.72. The first-order valence-electron chi connectivity index (χ1n) is 10.7. The number of aliphatic hydroxyl groups is 2. The minimum Gasteiger partial charge on any atom is -0.395 e. The second-order valence-electron chi connectivity index (χ2n) is 10.3. The lowest BCUT2D eigenvalue weighted by atomic mass is 9.35. The molecule has 2 unspecified atom stereocenters. The van der Waals surface area contributed by atoms with E-state index in [0.717, 1.165) is 50.6 Å². The molecule has 0 aromatic rings. The lowest BCUT2D eigenvalue weighted by molar-refractivity contribution is -0.237. The maximum absolute atomic E-state index is 13.3. The van der Waals surface area contributed by atoms with Crippen LogP contribution in [0.25, 0.3) is 0 Å². The van der Waals surface area contributed by atoms with E-state index in [1.807, 2.05) is 4.90 Å². The quantitative estimate of drug-likeness (QED) is 0.745. The Balaban J connectivity index is 1.62. The standard InChI is InChI=1S/C22H33NO3/c1-14-15-4-8-21(18(14)25)9-5-16-20(2)6-3-7-22(16,17(21)12-15)13-23(10-11-24)19(20)26/h15-18,24-25H,1,3-13H2,2H3/t15-,16+,17+,18+,20-,21?,22?/m0/s1. The largest absolute Gasteiger partial charge is 0.395 e. The number of hydrogen-bond donors (Lipinski definition) is 2. The molecule has 0 aromatic carbocycles. The summed E-state index contributed by atoms with van der Waals surface area (Å²) in [6.45, 7) is 7.77. The van der Waals surface area contributed by atoms with Gasteiger partial charge in [-0.25, -0.2) is 0 Å². The first-order valence-corrected chi connectivity index (χ1v) is 10.7. The summed E-state index contributed by atoms with van der Waals surface area (Å²) in [7, 11) is 0. The number of carbonyl (C=O) groups is 1. The summed E-state index contributed by atoms with van der Waals surface area (Å²) in [5.41, 5.74) is 0.937. The van der Waals surface area contributed by atoms with Crippen molar-refractivity contribution in [3.05, 3.63) is 12.2 Å². The van der Waals surface area contributed by atoms with Crippen molar-refractivity contribution < 1.29 is 15.0 Å². The maximum Gasteiger partial charge on any atom is 0.228 e. The molecule has 1 saturated heterocycles. The Morgan fingerprint density at radius 2 is 1.92 bits per heavy atom. The van der Waals surface area contributed by atoms with Crippen LogP contribution in [0.5, 0.6) is 0 Å². The van der Waals surface area contributed by atoms with Gasteiger partial charge in [0, 0.05) is 23.9 Å². The molecule has 4 heteroatoms. The molecule has 6 rings (SSSR count). The molecule has 144 valence electrons. The summed E-state index contributed by atoms with van der Waals surface area (Å²) >= 11 is 0. The number of piperidine rings is 1. The SMILES string of the molecule is C=C1[C@H]2CCC3(CC[C@H]4C5(CCC[C@]4(C)C(=O)N(CCO)C5)[C@@H]3C2)[C@@H]1O. The number of hydrogen-bond acceptors (Lipinski definition) is 3. The highest BCUT2D eigenvalue weighted by Crippen LogP contribution is 2.73. The summed E-state index contributed by atoms with van der Waals surface area (Å²) in [6, 6.07) is 0. The van der Waals surface area contributed by atoms with Crippen LogP contribution in [0, 0.1) is 34.0 Å². The number of β-amino-alcohol motifs (C(OH)–C–C–N with tert-alkyl or cyclic N) is 1. The molecule has 1 spiro atoms. The highest BCUT2D eigenvalue weighted by molar-refractivity contribution is 5.84. The van der Waals surface area contributed by atoms with Gasteiger partial charge >= 0.3 is 0 Å². The topological polar surface area (TPSA) is 60.8 Å². The van der Waals surface area contributed by atoms with E-state index >= 15 is 0 Å². The van der Waals surface area contributed by atoms with E-state index in [4.69, 9.17) is 0 Å². The average Bonchev–Trinajstić information content (AvgIpc) is 2.63. The van der Waals surface area contributed by atoms with Crippen LogP contribution in [-0.2, 0) is 4.79 Å². The van der Waals surface area contributed by atoms with E-state index < -0.39 is 0 Å². The van der Waals surface area contributed by atoms with Gasteiger partial charge in [-0.05, 0) is 73.7 Å². The molecule has 1 heterocycles. The van der Waals surface area contributed by atoms with E-state index in [1.54, 1.807) is 0 Å². The third kappa shape index (κ3) is 1.81. The highest BCUT2D eigenvalue weighted by Gasteiger charge is 2.71. The Bertz CT molecular complexity index is 662. The fourth-order valence-corrected chi connectivity index (χ4v) is 8.60. The molecule has 0 aromatic heterocycles. The Labute approximate surface area is 156 Å². The molecule has 4 bridgehead atoms. The van der Waals surface area contributed by atoms with Gasteiger partial charge in [0.2, 0.25) is 5.91 Å². The summed E-state index contributed by atoms with van der Waals surface area (Å²) in [4.78, 5) is 15.3. The molecule has 5 aliphatic carbocycles. The number of carbonyl (C=O) groups excluding carboxylic acids is 1. The molecule has 1 amide bonds. The molecule has 0 radical (unpaired) electrons. The molecule has 7 atom stereocenters. The van der Waals surface area contributed by atoms with Crippen LogP contribution in [0.3, 0.4) is 0 Å². The van der Waals surface area contributed by atoms with Gasteiger partial charge in [-0.15, -0.1) is 0 Å². The van der Waals surface area contributed by atoms with Crippen LogP contribution in [0.2, 0.25) is 0 Å². The van der Waals surface area contributed by atoms with Gasteiger partial charge in [0.25, 0.3) is 0 Å². The van der Waals surface area contributed by atoms with Crippen molar-refractivity contribution in [1.82, 2.24) is 4.90 Å². The Kier molecular flexibility index (Phi) is 3.55. The van der Waals surface area contributed by atoms with E-state index in [9.17, 15) is 15.0 Å². The summed E-state index contributed by atoms with van der Waals surface area (Å²) in [5, 5.41) is 20.7. The molecule has 26 heavy (non-hydrogen) atoms. The number of fused-ring (bicyclic) bond motifs is 2. The van der Waals surface area contributed by atoms with Crippen molar-refractivity contribution in [3.63, 3.8) is 0 Å². The van der Waals surface area contributed by atoms with Gasteiger partial charge in [0.15, 0.2) is 0 Å². The third-order valence-corrected chi connectivity index (χ3v) is 9.62. The zero-order valence-corrected chi connectivity index (χ0v) is 16.0. The minimum absolute atomic E-state index is 0.00808. The lowest BCUT2D eigenvalue weighted by Crippen LogP contribution is -2.72. The molecule has 1 aliphatic heterocycles.